The second-order valence-corrected chi connectivity index (χ2v) is 6.27. The summed E-state index contributed by atoms with van der Waals surface area (Å²) >= 11 is 0. The minimum atomic E-state index is -1.32. The van der Waals surface area contributed by atoms with Gasteiger partial charge in [-0.25, -0.2) is 4.79 Å². The van der Waals surface area contributed by atoms with Crippen molar-refractivity contribution in [2.45, 2.75) is 25.5 Å². The van der Waals surface area contributed by atoms with Crippen molar-refractivity contribution in [2.75, 3.05) is 26.4 Å². The smallest absolute Gasteiger partial charge is 0.408 e. The Labute approximate surface area is 135 Å². The van der Waals surface area contributed by atoms with Crippen LogP contribution in [0.25, 0.3) is 0 Å². The number of carbonyl (C=O) groups excluding carboxylic acids is 1. The quantitative estimate of drug-likeness (QED) is 0.839. The fourth-order valence-corrected chi connectivity index (χ4v) is 2.57. The molecule has 4 rings (SSSR count). The first-order valence-electron chi connectivity index (χ1n) is 7.64. The Balaban J connectivity index is 1.56. The van der Waals surface area contributed by atoms with Crippen LogP contribution in [-0.2, 0) is 25.6 Å². The Bertz CT molecular complexity index is 526. The van der Waals surface area contributed by atoms with Crippen molar-refractivity contribution in [2.24, 2.45) is 11.1 Å². The van der Waals surface area contributed by atoms with E-state index >= 15 is 0 Å². The lowest BCUT2D eigenvalue weighted by Gasteiger charge is -2.52. The number of hydrogen-bond acceptors (Lipinski definition) is 6. The van der Waals surface area contributed by atoms with E-state index in [4.69, 9.17) is 24.7 Å². The second-order valence-electron chi connectivity index (χ2n) is 6.27. The molecule has 3 saturated heterocycles. The van der Waals surface area contributed by atoms with Crippen LogP contribution in [0.5, 0.6) is 0 Å². The van der Waals surface area contributed by atoms with Gasteiger partial charge in [0, 0.05) is 12.0 Å². The Morgan fingerprint density at radius 2 is 1.87 bits per heavy atom. The molecule has 2 bridgehead atoms. The van der Waals surface area contributed by atoms with Gasteiger partial charge in [0.05, 0.1) is 19.8 Å². The first kappa shape index (κ1) is 16.2. The van der Waals surface area contributed by atoms with Crippen LogP contribution in [0.1, 0.15) is 12.5 Å². The lowest BCUT2D eigenvalue weighted by molar-refractivity contribution is -0.472. The molecule has 3 N–H and O–H groups in total. The molecule has 1 aromatic rings. The van der Waals surface area contributed by atoms with Gasteiger partial charge in [-0.3, -0.25) is 0 Å². The molecule has 3 aliphatic heterocycles. The maximum Gasteiger partial charge on any atom is 0.408 e. The number of benzene rings is 1. The molecule has 7 nitrogen and oxygen atoms in total. The maximum absolute atomic E-state index is 12.0. The van der Waals surface area contributed by atoms with Crippen molar-refractivity contribution in [1.29, 1.82) is 0 Å². The SMILES string of the molecule is CC12COC([C@H](CN)NC(=O)OCc3ccccc3)(OC1)OC2. The van der Waals surface area contributed by atoms with Gasteiger partial charge in [-0.2, -0.15) is 0 Å². The number of carbonyl (C=O) groups is 1. The van der Waals surface area contributed by atoms with Gasteiger partial charge in [0.25, 0.3) is 0 Å². The first-order valence-corrected chi connectivity index (χ1v) is 7.64. The molecule has 23 heavy (non-hydrogen) atoms. The lowest BCUT2D eigenvalue weighted by atomic mass is 9.91. The van der Waals surface area contributed by atoms with Crippen molar-refractivity contribution in [3.8, 4) is 0 Å². The molecule has 0 aliphatic carbocycles. The summed E-state index contributed by atoms with van der Waals surface area (Å²) in [6.45, 7) is 3.82. The van der Waals surface area contributed by atoms with Crippen molar-refractivity contribution < 1.29 is 23.7 Å². The molecule has 126 valence electrons. The average Bonchev–Trinajstić information content (AvgIpc) is 2.60. The van der Waals surface area contributed by atoms with Gasteiger partial charge in [-0.1, -0.05) is 37.3 Å². The minimum absolute atomic E-state index is 0.108. The Morgan fingerprint density at radius 1 is 1.26 bits per heavy atom. The molecule has 0 unspecified atom stereocenters. The molecule has 0 radical (unpaired) electrons. The van der Waals surface area contributed by atoms with Gasteiger partial charge in [0.1, 0.15) is 12.6 Å². The zero-order chi connectivity index (χ0) is 16.3. The van der Waals surface area contributed by atoms with Crippen molar-refractivity contribution in [1.82, 2.24) is 5.32 Å². The van der Waals surface area contributed by atoms with E-state index in [1.54, 1.807) is 0 Å². The molecule has 7 heteroatoms. The maximum atomic E-state index is 12.0. The Morgan fingerprint density at radius 3 is 2.43 bits per heavy atom. The number of alkyl carbamates (subject to hydrolysis) is 1. The zero-order valence-corrected chi connectivity index (χ0v) is 13.1. The van der Waals surface area contributed by atoms with Gasteiger partial charge in [0.15, 0.2) is 0 Å². The van der Waals surface area contributed by atoms with Crippen LogP contribution in [0.4, 0.5) is 4.79 Å². The Hall–Kier alpha value is -1.67. The van der Waals surface area contributed by atoms with E-state index in [1.165, 1.54) is 0 Å². The summed E-state index contributed by atoms with van der Waals surface area (Å²) in [7, 11) is 0. The van der Waals surface area contributed by atoms with E-state index in [0.29, 0.717) is 19.8 Å². The molecule has 0 saturated carbocycles. The number of ether oxygens (including phenoxy) is 4. The fraction of sp³-hybridized carbons (Fsp3) is 0.562. The van der Waals surface area contributed by atoms with Crippen LogP contribution < -0.4 is 11.1 Å². The molecule has 3 heterocycles. The van der Waals surface area contributed by atoms with Crippen molar-refractivity contribution >= 4 is 6.09 Å². The average molecular weight is 322 g/mol. The molecule has 1 amide bonds. The van der Waals surface area contributed by atoms with E-state index < -0.39 is 18.1 Å². The normalized spacial score (nSPS) is 30.7. The third kappa shape index (κ3) is 3.48. The monoisotopic (exact) mass is 322 g/mol. The number of hydrogen-bond donors (Lipinski definition) is 2. The van der Waals surface area contributed by atoms with E-state index in [0.717, 1.165) is 5.56 Å². The predicted octanol–water partition coefficient (Wildman–Crippen LogP) is 0.977. The Kier molecular flexibility index (Phi) is 4.54. The van der Waals surface area contributed by atoms with Crippen LogP contribution in [-0.4, -0.2) is 44.5 Å². The molecule has 1 aromatic carbocycles. The van der Waals surface area contributed by atoms with E-state index in [1.807, 2.05) is 37.3 Å². The summed E-state index contributed by atoms with van der Waals surface area (Å²) in [6, 6.07) is 8.79. The minimum Gasteiger partial charge on any atom is -0.445 e. The molecule has 0 spiro atoms. The van der Waals surface area contributed by atoms with E-state index in [9.17, 15) is 4.79 Å². The predicted molar refractivity (Wildman–Crippen MR) is 81.3 cm³/mol. The van der Waals surface area contributed by atoms with Gasteiger partial charge >= 0.3 is 12.1 Å². The van der Waals surface area contributed by atoms with Crippen LogP contribution >= 0.6 is 0 Å². The molecule has 3 fully saturated rings. The standard InChI is InChI=1S/C16H22N2O5/c1-15-9-21-16(22-10-15,23-11-15)13(7-17)18-14(19)20-8-12-5-3-2-4-6-12/h2-6,13H,7-11,17H2,1H3,(H,18,19)/t13-,15?,16?/m0/s1. The lowest BCUT2D eigenvalue weighted by Crippen LogP contribution is -2.69. The summed E-state index contributed by atoms with van der Waals surface area (Å²) in [5.74, 6) is -1.32. The number of rotatable bonds is 5. The largest absolute Gasteiger partial charge is 0.445 e. The second kappa shape index (κ2) is 6.45. The summed E-state index contributed by atoms with van der Waals surface area (Å²) < 4.78 is 22.3. The summed E-state index contributed by atoms with van der Waals surface area (Å²) in [5.41, 5.74) is 6.52. The highest BCUT2D eigenvalue weighted by Crippen LogP contribution is 2.39. The number of amides is 1. The topological polar surface area (TPSA) is 92.0 Å². The van der Waals surface area contributed by atoms with Crippen LogP contribution in [0, 0.1) is 5.41 Å². The summed E-state index contributed by atoms with van der Waals surface area (Å²) in [6.07, 6.45) is -0.589. The number of fused-ring (bicyclic) bond motifs is 3. The zero-order valence-electron chi connectivity index (χ0n) is 13.1. The molecule has 3 aliphatic rings. The molecule has 0 aromatic heterocycles. The van der Waals surface area contributed by atoms with Crippen molar-refractivity contribution in [3.05, 3.63) is 35.9 Å². The number of nitrogens with one attached hydrogen (secondary N) is 1. The van der Waals surface area contributed by atoms with Gasteiger partial charge < -0.3 is 30.0 Å². The third-order valence-corrected chi connectivity index (χ3v) is 4.03. The third-order valence-electron chi connectivity index (χ3n) is 4.03. The number of nitrogens with two attached hydrogens (primary N) is 1. The highest BCUT2D eigenvalue weighted by Gasteiger charge is 2.55. The van der Waals surface area contributed by atoms with Crippen LogP contribution in [0.2, 0.25) is 0 Å². The van der Waals surface area contributed by atoms with Crippen molar-refractivity contribution in [3.63, 3.8) is 0 Å². The van der Waals surface area contributed by atoms with Crippen LogP contribution in [0.15, 0.2) is 30.3 Å². The first-order chi connectivity index (χ1) is 11.1. The van der Waals surface area contributed by atoms with Gasteiger partial charge in [-0.05, 0) is 5.56 Å². The van der Waals surface area contributed by atoms with Crippen LogP contribution in [0.3, 0.4) is 0 Å². The fourth-order valence-electron chi connectivity index (χ4n) is 2.57. The highest BCUT2D eigenvalue weighted by atomic mass is 16.9. The van der Waals surface area contributed by atoms with Gasteiger partial charge in [0.2, 0.25) is 0 Å². The molecular weight excluding hydrogens is 300 g/mol. The molecule has 1 atom stereocenters. The van der Waals surface area contributed by atoms with E-state index in [2.05, 4.69) is 5.32 Å². The highest BCUT2D eigenvalue weighted by molar-refractivity contribution is 5.67. The van der Waals surface area contributed by atoms with E-state index in [-0.39, 0.29) is 18.6 Å². The molecular formula is C16H22N2O5. The summed E-state index contributed by atoms with van der Waals surface area (Å²) in [4.78, 5) is 12.0. The van der Waals surface area contributed by atoms with Gasteiger partial charge in [-0.15, -0.1) is 0 Å². The summed E-state index contributed by atoms with van der Waals surface area (Å²) in [5, 5.41) is 2.67.